The molecule has 23 heavy (non-hydrogen) atoms. The molecule has 1 fully saturated rings. The molecule has 1 aromatic rings. The number of nitrogens with zero attached hydrogens (tertiary/aromatic N) is 2. The van der Waals surface area contributed by atoms with Gasteiger partial charge in [0.25, 0.3) is 0 Å². The summed E-state index contributed by atoms with van der Waals surface area (Å²) in [6.07, 6.45) is -0.365. The van der Waals surface area contributed by atoms with Crippen LogP contribution < -0.4 is 10.2 Å². The van der Waals surface area contributed by atoms with Crippen LogP contribution in [0.3, 0.4) is 0 Å². The minimum absolute atomic E-state index is 0.125. The van der Waals surface area contributed by atoms with Gasteiger partial charge in [-0.15, -0.1) is 0 Å². The zero-order valence-corrected chi connectivity index (χ0v) is 14.2. The fourth-order valence-electron chi connectivity index (χ4n) is 2.70. The average molecular weight is 321 g/mol. The molecular formula is C17H27N3O3. The summed E-state index contributed by atoms with van der Waals surface area (Å²) in [6.45, 7) is 5.90. The lowest BCUT2D eigenvalue weighted by atomic mass is 10.0. The number of morpholine rings is 1. The van der Waals surface area contributed by atoms with Crippen molar-refractivity contribution in [1.82, 2.24) is 10.2 Å². The first-order valence-corrected chi connectivity index (χ1v) is 8.11. The van der Waals surface area contributed by atoms with E-state index in [4.69, 9.17) is 9.47 Å². The van der Waals surface area contributed by atoms with Gasteiger partial charge in [0.15, 0.2) is 0 Å². The van der Waals surface area contributed by atoms with E-state index >= 15 is 0 Å². The van der Waals surface area contributed by atoms with Gasteiger partial charge in [-0.1, -0.05) is 12.1 Å². The molecule has 1 N–H and O–H groups in total. The highest BCUT2D eigenvalue weighted by atomic mass is 16.5. The summed E-state index contributed by atoms with van der Waals surface area (Å²) in [5, 5.41) is 2.86. The number of hydrogen-bond donors (Lipinski definition) is 1. The molecule has 1 amide bonds. The third-order valence-corrected chi connectivity index (χ3v) is 4.00. The monoisotopic (exact) mass is 321 g/mol. The highest BCUT2D eigenvalue weighted by Crippen LogP contribution is 2.23. The molecule has 1 aromatic carbocycles. The fourth-order valence-corrected chi connectivity index (χ4v) is 2.70. The third kappa shape index (κ3) is 5.11. The van der Waals surface area contributed by atoms with Gasteiger partial charge in [-0.05, 0) is 24.6 Å². The molecule has 6 heteroatoms. The standard InChI is InChI=1S/C17H27N3O3/c1-4-23-17(21)18-13-16(20-9-11-22-12-10-20)14-5-7-15(8-6-14)19(2)3/h5-8,16H,4,9-13H2,1-3H3,(H,18,21). The van der Waals surface area contributed by atoms with Crippen LogP contribution in [0.15, 0.2) is 24.3 Å². The maximum atomic E-state index is 11.6. The van der Waals surface area contributed by atoms with Crippen molar-refractivity contribution in [2.45, 2.75) is 13.0 Å². The lowest BCUT2D eigenvalue weighted by Gasteiger charge is -2.35. The van der Waals surface area contributed by atoms with Crippen molar-refractivity contribution in [2.75, 3.05) is 58.5 Å². The molecule has 0 saturated carbocycles. The molecule has 0 aliphatic carbocycles. The van der Waals surface area contributed by atoms with Gasteiger partial charge in [0, 0.05) is 39.4 Å². The number of carbonyl (C=O) groups is 1. The van der Waals surface area contributed by atoms with Gasteiger partial charge in [-0.2, -0.15) is 0 Å². The van der Waals surface area contributed by atoms with Gasteiger partial charge in [0.2, 0.25) is 0 Å². The zero-order valence-electron chi connectivity index (χ0n) is 14.2. The Bertz CT molecular complexity index is 484. The second-order valence-corrected chi connectivity index (χ2v) is 5.75. The van der Waals surface area contributed by atoms with E-state index in [-0.39, 0.29) is 12.1 Å². The second-order valence-electron chi connectivity index (χ2n) is 5.75. The van der Waals surface area contributed by atoms with Crippen LogP contribution in [0.4, 0.5) is 10.5 Å². The first-order chi connectivity index (χ1) is 11.1. The lowest BCUT2D eigenvalue weighted by molar-refractivity contribution is 0.0161. The topological polar surface area (TPSA) is 54.0 Å². The molecule has 0 bridgehead atoms. The van der Waals surface area contributed by atoms with Crippen molar-refractivity contribution in [3.63, 3.8) is 0 Å². The predicted molar refractivity (Wildman–Crippen MR) is 90.9 cm³/mol. The quantitative estimate of drug-likeness (QED) is 0.867. The minimum Gasteiger partial charge on any atom is -0.450 e. The van der Waals surface area contributed by atoms with Crippen LogP contribution in [0.25, 0.3) is 0 Å². The van der Waals surface area contributed by atoms with E-state index in [1.807, 2.05) is 14.1 Å². The maximum Gasteiger partial charge on any atom is 0.407 e. The van der Waals surface area contributed by atoms with Crippen LogP contribution in [-0.2, 0) is 9.47 Å². The van der Waals surface area contributed by atoms with E-state index in [2.05, 4.69) is 39.4 Å². The van der Waals surface area contributed by atoms with E-state index in [9.17, 15) is 4.79 Å². The molecule has 2 rings (SSSR count). The minimum atomic E-state index is -0.365. The highest BCUT2D eigenvalue weighted by Gasteiger charge is 2.23. The molecule has 1 atom stereocenters. The number of rotatable bonds is 6. The Balaban J connectivity index is 2.09. The normalized spacial score (nSPS) is 16.7. The van der Waals surface area contributed by atoms with Crippen LogP contribution in [0.5, 0.6) is 0 Å². The summed E-state index contributed by atoms with van der Waals surface area (Å²) in [5.41, 5.74) is 2.35. The van der Waals surface area contributed by atoms with Gasteiger partial charge < -0.3 is 19.7 Å². The Hall–Kier alpha value is -1.79. The largest absolute Gasteiger partial charge is 0.450 e. The average Bonchev–Trinajstić information content (AvgIpc) is 2.57. The first-order valence-electron chi connectivity index (χ1n) is 8.11. The third-order valence-electron chi connectivity index (χ3n) is 4.00. The van der Waals surface area contributed by atoms with Crippen LogP contribution in [-0.4, -0.2) is 64.5 Å². The summed E-state index contributed by atoms with van der Waals surface area (Å²) in [6, 6.07) is 8.59. The highest BCUT2D eigenvalue weighted by molar-refractivity contribution is 5.67. The smallest absolute Gasteiger partial charge is 0.407 e. The number of carbonyl (C=O) groups excluding carboxylic acids is 1. The molecule has 0 aromatic heterocycles. The predicted octanol–water partition coefficient (Wildman–Crippen LogP) is 1.87. The zero-order chi connectivity index (χ0) is 16.7. The van der Waals surface area contributed by atoms with Gasteiger partial charge in [-0.25, -0.2) is 4.79 Å². The summed E-state index contributed by atoms with van der Waals surface area (Å²) < 4.78 is 10.4. The summed E-state index contributed by atoms with van der Waals surface area (Å²) >= 11 is 0. The maximum absolute atomic E-state index is 11.6. The molecule has 1 heterocycles. The Kier molecular flexibility index (Phi) is 6.67. The van der Waals surface area contributed by atoms with Crippen molar-refractivity contribution in [3.05, 3.63) is 29.8 Å². The van der Waals surface area contributed by atoms with E-state index < -0.39 is 0 Å². The Labute approximate surface area is 138 Å². The lowest BCUT2D eigenvalue weighted by Crippen LogP contribution is -2.43. The van der Waals surface area contributed by atoms with Gasteiger partial charge in [-0.3, -0.25) is 4.90 Å². The van der Waals surface area contributed by atoms with Crippen LogP contribution in [0, 0.1) is 0 Å². The SMILES string of the molecule is CCOC(=O)NCC(c1ccc(N(C)C)cc1)N1CCOCC1. The summed E-state index contributed by atoms with van der Waals surface area (Å²) in [4.78, 5) is 16.0. The summed E-state index contributed by atoms with van der Waals surface area (Å²) in [5.74, 6) is 0. The molecule has 0 radical (unpaired) electrons. The molecule has 128 valence electrons. The van der Waals surface area contributed by atoms with Crippen molar-refractivity contribution in [1.29, 1.82) is 0 Å². The summed E-state index contributed by atoms with van der Waals surface area (Å²) in [7, 11) is 4.05. The number of alkyl carbamates (subject to hydrolysis) is 1. The van der Waals surface area contributed by atoms with Crippen LogP contribution >= 0.6 is 0 Å². The van der Waals surface area contributed by atoms with E-state index in [0.717, 1.165) is 32.0 Å². The van der Waals surface area contributed by atoms with Gasteiger partial charge >= 0.3 is 6.09 Å². The van der Waals surface area contributed by atoms with Crippen molar-refractivity contribution < 1.29 is 14.3 Å². The van der Waals surface area contributed by atoms with Gasteiger partial charge in [0.1, 0.15) is 0 Å². The number of ether oxygens (including phenoxy) is 2. The van der Waals surface area contributed by atoms with Crippen molar-refractivity contribution >= 4 is 11.8 Å². The number of benzene rings is 1. The van der Waals surface area contributed by atoms with Crippen LogP contribution in [0.1, 0.15) is 18.5 Å². The molecule has 1 aliphatic rings. The Morgan fingerprint density at radius 1 is 1.30 bits per heavy atom. The van der Waals surface area contributed by atoms with Crippen molar-refractivity contribution in [2.24, 2.45) is 0 Å². The number of nitrogens with one attached hydrogen (secondary N) is 1. The molecule has 1 saturated heterocycles. The fraction of sp³-hybridized carbons (Fsp3) is 0.588. The van der Waals surface area contributed by atoms with Gasteiger partial charge in [0.05, 0.1) is 25.9 Å². The Morgan fingerprint density at radius 2 is 1.96 bits per heavy atom. The van der Waals surface area contributed by atoms with E-state index in [1.165, 1.54) is 5.56 Å². The van der Waals surface area contributed by atoms with E-state index in [1.54, 1.807) is 6.92 Å². The molecular weight excluding hydrogens is 294 g/mol. The first kappa shape index (κ1) is 17.6. The van der Waals surface area contributed by atoms with Crippen LogP contribution in [0.2, 0.25) is 0 Å². The molecule has 1 aliphatic heterocycles. The van der Waals surface area contributed by atoms with E-state index in [0.29, 0.717) is 13.2 Å². The number of anilines is 1. The second kappa shape index (κ2) is 8.74. The molecule has 0 spiro atoms. The molecule has 1 unspecified atom stereocenters. The molecule has 6 nitrogen and oxygen atoms in total. The number of amides is 1. The Morgan fingerprint density at radius 3 is 2.52 bits per heavy atom. The number of hydrogen-bond acceptors (Lipinski definition) is 5. The van der Waals surface area contributed by atoms with Crippen molar-refractivity contribution in [3.8, 4) is 0 Å².